The largest absolute Gasteiger partial charge is 0.493 e. The minimum atomic E-state index is 0. The van der Waals surface area contributed by atoms with Gasteiger partial charge in [0.15, 0.2) is 17.5 Å². The highest BCUT2D eigenvalue weighted by Crippen LogP contribution is 2.32. The summed E-state index contributed by atoms with van der Waals surface area (Å²) in [5, 5.41) is 9.74. The molecule has 1 heterocycles. The van der Waals surface area contributed by atoms with Crippen LogP contribution in [0.4, 0.5) is 5.69 Å². The number of benzene rings is 2. The number of methoxy groups -OCH3 is 2. The summed E-state index contributed by atoms with van der Waals surface area (Å²) in [6.45, 7) is 1.26. The molecule has 3 rings (SSSR count). The van der Waals surface area contributed by atoms with Crippen molar-refractivity contribution >= 4 is 41.5 Å². The molecule has 9 heteroatoms. The minimum Gasteiger partial charge on any atom is -0.493 e. The summed E-state index contributed by atoms with van der Waals surface area (Å²) in [5.74, 6) is 2.24. The molecular weight excluding hydrogens is 533 g/mol. The quantitative estimate of drug-likeness (QED) is 0.258. The molecule has 1 aliphatic heterocycles. The normalized spacial score (nSPS) is 16.2. The van der Waals surface area contributed by atoms with E-state index in [2.05, 4.69) is 31.9 Å². The second-order valence-corrected chi connectivity index (χ2v) is 7.96. The number of hydrogen-bond donors (Lipinski definition) is 3. The molecule has 2 aromatic rings. The van der Waals surface area contributed by atoms with Crippen LogP contribution in [0.2, 0.25) is 0 Å². The number of para-hydroxylation sites is 1. The van der Waals surface area contributed by atoms with Crippen molar-refractivity contribution in [2.24, 2.45) is 4.99 Å². The number of fused-ring (bicyclic) bond motifs is 1. The number of carbonyl (C=O) groups is 1. The molecule has 1 amide bonds. The molecule has 8 nitrogen and oxygen atoms in total. The van der Waals surface area contributed by atoms with Gasteiger partial charge in [0.25, 0.3) is 0 Å². The molecule has 180 valence electrons. The summed E-state index contributed by atoms with van der Waals surface area (Å²) in [6, 6.07) is 14.0. The zero-order valence-corrected chi connectivity index (χ0v) is 22.2. The molecule has 0 aromatic heterocycles. The van der Waals surface area contributed by atoms with Gasteiger partial charge < -0.3 is 30.3 Å². The van der Waals surface area contributed by atoms with Gasteiger partial charge in [0, 0.05) is 38.2 Å². The van der Waals surface area contributed by atoms with Crippen molar-refractivity contribution in [3.8, 4) is 11.5 Å². The fourth-order valence-corrected chi connectivity index (χ4v) is 3.98. The van der Waals surface area contributed by atoms with E-state index in [4.69, 9.17) is 9.47 Å². The number of amides is 1. The lowest BCUT2D eigenvalue weighted by Crippen LogP contribution is -2.43. The smallest absolute Gasteiger partial charge is 0.225 e. The van der Waals surface area contributed by atoms with Crippen molar-refractivity contribution < 1.29 is 14.3 Å². The van der Waals surface area contributed by atoms with E-state index in [9.17, 15) is 4.79 Å². The molecule has 1 aliphatic rings. The molecule has 3 N–H and O–H groups in total. The maximum Gasteiger partial charge on any atom is 0.225 e. The molecule has 2 aromatic carbocycles. The maximum absolute atomic E-state index is 12.1. The highest BCUT2D eigenvalue weighted by molar-refractivity contribution is 14.0. The number of guanidine groups is 1. The van der Waals surface area contributed by atoms with Crippen LogP contribution >= 0.6 is 24.0 Å². The van der Waals surface area contributed by atoms with E-state index in [0.29, 0.717) is 37.0 Å². The van der Waals surface area contributed by atoms with Crippen molar-refractivity contribution in [2.75, 3.05) is 53.8 Å². The number of anilines is 1. The van der Waals surface area contributed by atoms with Crippen LogP contribution < -0.4 is 25.4 Å². The Bertz CT molecular complexity index is 967. The number of carbonyl (C=O) groups excluding carboxylic acids is 1. The second kappa shape index (κ2) is 12.6. The Hall–Kier alpha value is -2.53. The van der Waals surface area contributed by atoms with Crippen LogP contribution in [0.5, 0.6) is 11.5 Å². The number of likely N-dealkylation sites (N-methyl/N-ethyl adjacent to an activating group) is 1. The molecule has 0 fully saturated rings. The van der Waals surface area contributed by atoms with Crippen molar-refractivity contribution in [2.45, 2.75) is 18.4 Å². The van der Waals surface area contributed by atoms with Crippen LogP contribution in [-0.2, 0) is 4.79 Å². The fraction of sp³-hybridized carbons (Fsp3) is 0.417. The zero-order chi connectivity index (χ0) is 23.1. The van der Waals surface area contributed by atoms with Gasteiger partial charge in [-0.1, -0.05) is 24.3 Å². The summed E-state index contributed by atoms with van der Waals surface area (Å²) in [5.41, 5.74) is 3.14. The Labute approximate surface area is 213 Å². The predicted molar refractivity (Wildman–Crippen MR) is 143 cm³/mol. The van der Waals surface area contributed by atoms with Crippen LogP contribution in [0.3, 0.4) is 0 Å². The lowest BCUT2D eigenvalue weighted by molar-refractivity contribution is -0.116. The summed E-state index contributed by atoms with van der Waals surface area (Å²) < 4.78 is 10.8. The number of aliphatic imine (C=N–C) groups is 1. The lowest BCUT2D eigenvalue weighted by Gasteiger charge is -2.28. The van der Waals surface area contributed by atoms with Gasteiger partial charge in [-0.3, -0.25) is 9.79 Å². The number of halogens is 1. The van der Waals surface area contributed by atoms with E-state index in [1.165, 1.54) is 0 Å². The molecule has 2 atom stereocenters. The highest BCUT2D eigenvalue weighted by Gasteiger charge is 2.25. The minimum absolute atomic E-state index is 0. The van der Waals surface area contributed by atoms with Crippen molar-refractivity contribution in [1.82, 2.24) is 15.5 Å². The van der Waals surface area contributed by atoms with Gasteiger partial charge in [0.1, 0.15) is 0 Å². The van der Waals surface area contributed by atoms with E-state index in [-0.39, 0.29) is 41.8 Å². The van der Waals surface area contributed by atoms with Crippen LogP contribution in [0, 0.1) is 0 Å². The highest BCUT2D eigenvalue weighted by atomic mass is 127. The zero-order valence-electron chi connectivity index (χ0n) is 19.8. The molecule has 0 saturated heterocycles. The average molecular weight is 567 g/mol. The van der Waals surface area contributed by atoms with Crippen LogP contribution in [0.25, 0.3) is 0 Å². The molecule has 2 unspecified atom stereocenters. The fourth-order valence-electron chi connectivity index (χ4n) is 3.98. The van der Waals surface area contributed by atoms with E-state index in [1.807, 2.05) is 50.5 Å². The predicted octanol–water partition coefficient (Wildman–Crippen LogP) is 3.22. The molecular formula is C24H34IN5O3. The van der Waals surface area contributed by atoms with Gasteiger partial charge in [0.05, 0.1) is 20.3 Å². The number of nitrogens with one attached hydrogen (secondary N) is 3. The molecule has 0 spiro atoms. The SMILES string of the molecule is CN=C(NCC1CC(=O)Nc2ccccc21)NCC(c1ccc(OC)c(OC)c1)N(C)C.I. The third-order valence-electron chi connectivity index (χ3n) is 5.72. The average Bonchev–Trinajstić information content (AvgIpc) is 2.80. The van der Waals surface area contributed by atoms with Gasteiger partial charge in [0.2, 0.25) is 5.91 Å². The summed E-state index contributed by atoms with van der Waals surface area (Å²) in [4.78, 5) is 18.6. The van der Waals surface area contributed by atoms with Gasteiger partial charge in [-0.05, 0) is 43.4 Å². The monoisotopic (exact) mass is 567 g/mol. The molecule has 0 bridgehead atoms. The number of nitrogens with zero attached hydrogens (tertiary/aromatic N) is 2. The Morgan fingerprint density at radius 3 is 2.55 bits per heavy atom. The number of rotatable bonds is 8. The Morgan fingerprint density at radius 1 is 1.15 bits per heavy atom. The lowest BCUT2D eigenvalue weighted by atomic mass is 9.90. The second-order valence-electron chi connectivity index (χ2n) is 7.96. The van der Waals surface area contributed by atoms with E-state index in [1.54, 1.807) is 21.3 Å². The molecule has 0 aliphatic carbocycles. The first-order chi connectivity index (χ1) is 15.5. The molecule has 0 radical (unpaired) electrons. The van der Waals surface area contributed by atoms with Gasteiger partial charge in [-0.25, -0.2) is 0 Å². The van der Waals surface area contributed by atoms with Crippen molar-refractivity contribution in [3.05, 3.63) is 53.6 Å². The van der Waals surface area contributed by atoms with Crippen molar-refractivity contribution in [1.29, 1.82) is 0 Å². The summed E-state index contributed by atoms with van der Waals surface area (Å²) in [6.07, 6.45) is 0.451. The Kier molecular flexibility index (Phi) is 10.2. The standard InChI is InChI=1S/C24H33N5O3.HI/c1-25-24(26-14-17-13-23(30)28-19-9-7-6-8-18(17)19)27-15-20(29(2)3)16-10-11-21(31-4)22(12-16)32-5;/h6-12,17,20H,13-15H2,1-5H3,(H,28,30)(H2,25,26,27);1H. The summed E-state index contributed by atoms with van der Waals surface area (Å²) >= 11 is 0. The Morgan fingerprint density at radius 2 is 1.88 bits per heavy atom. The summed E-state index contributed by atoms with van der Waals surface area (Å²) in [7, 11) is 9.10. The van der Waals surface area contributed by atoms with E-state index in [0.717, 1.165) is 16.8 Å². The topological polar surface area (TPSA) is 87.2 Å². The van der Waals surface area contributed by atoms with Gasteiger partial charge in [-0.2, -0.15) is 0 Å². The van der Waals surface area contributed by atoms with E-state index >= 15 is 0 Å². The first-order valence-corrected chi connectivity index (χ1v) is 10.7. The van der Waals surface area contributed by atoms with Crippen molar-refractivity contribution in [3.63, 3.8) is 0 Å². The van der Waals surface area contributed by atoms with Crippen LogP contribution in [0.1, 0.15) is 29.5 Å². The first kappa shape index (κ1) is 26.7. The van der Waals surface area contributed by atoms with E-state index < -0.39 is 0 Å². The van der Waals surface area contributed by atoms with Crippen LogP contribution in [0.15, 0.2) is 47.5 Å². The third kappa shape index (κ3) is 6.73. The van der Waals surface area contributed by atoms with Gasteiger partial charge >= 0.3 is 0 Å². The number of ether oxygens (including phenoxy) is 2. The van der Waals surface area contributed by atoms with Crippen LogP contribution in [-0.4, -0.2) is 65.2 Å². The van der Waals surface area contributed by atoms with Gasteiger partial charge in [-0.15, -0.1) is 24.0 Å². The third-order valence-corrected chi connectivity index (χ3v) is 5.72. The molecule has 0 saturated carbocycles. The molecule has 33 heavy (non-hydrogen) atoms. The number of hydrogen-bond acceptors (Lipinski definition) is 5. The Balaban J connectivity index is 0.00000385. The maximum atomic E-state index is 12.1. The first-order valence-electron chi connectivity index (χ1n) is 10.7.